The first kappa shape index (κ1) is 17.2. The average Bonchev–Trinajstić information content (AvgIpc) is 3.28. The maximum atomic E-state index is 9.78. The highest BCUT2D eigenvalue weighted by Crippen LogP contribution is 2.25. The molecule has 0 bridgehead atoms. The summed E-state index contributed by atoms with van der Waals surface area (Å²) in [6.07, 6.45) is 5.07. The van der Waals surface area contributed by atoms with Crippen LogP contribution in [0.1, 0.15) is 28.1 Å². The second-order valence-electron chi connectivity index (χ2n) is 6.67. The smallest absolute Gasteiger partial charge is 0.160 e. The molecule has 0 aliphatic carbocycles. The number of benzene rings is 1. The minimum Gasteiger partial charge on any atom is -0.390 e. The van der Waals surface area contributed by atoms with Gasteiger partial charge in [-0.3, -0.25) is 4.40 Å². The van der Waals surface area contributed by atoms with Gasteiger partial charge in [0.05, 0.1) is 29.4 Å². The molecule has 7 nitrogen and oxygen atoms in total. The Morgan fingerprint density at radius 2 is 1.93 bits per heavy atom. The van der Waals surface area contributed by atoms with E-state index in [1.54, 1.807) is 11.0 Å². The molecule has 3 aromatic heterocycles. The average molecular weight is 362 g/mol. The molecule has 1 aromatic carbocycles. The van der Waals surface area contributed by atoms with Crippen LogP contribution in [-0.4, -0.2) is 29.3 Å². The number of nitrogens with one attached hydrogen (secondary N) is 1. The number of aliphatic hydroxyl groups excluding tert-OH is 1. The zero-order valence-corrected chi connectivity index (χ0v) is 15.6. The van der Waals surface area contributed by atoms with Crippen LogP contribution in [0.2, 0.25) is 0 Å². The predicted molar refractivity (Wildman–Crippen MR) is 104 cm³/mol. The summed E-state index contributed by atoms with van der Waals surface area (Å²) in [7, 11) is 0. The molecule has 4 aromatic rings. The molecule has 0 aliphatic heterocycles. The van der Waals surface area contributed by atoms with E-state index in [9.17, 15) is 5.11 Å². The van der Waals surface area contributed by atoms with Crippen molar-refractivity contribution in [2.75, 3.05) is 5.32 Å². The van der Waals surface area contributed by atoms with Crippen molar-refractivity contribution in [2.24, 2.45) is 0 Å². The Labute approximate surface area is 157 Å². The molecule has 2 N–H and O–H groups in total. The van der Waals surface area contributed by atoms with Gasteiger partial charge in [-0.25, -0.2) is 14.6 Å². The van der Waals surface area contributed by atoms with Gasteiger partial charge in [-0.15, -0.1) is 0 Å². The standard InChI is InChI=1S/C20H22N6O/c1-13-5-4-6-14(2)17(13)8-22-18-7-16(26-12-21-11-23-26)9-25-19(10-27)15(3)24-20(18)25/h4-7,9,11-12,22,27H,8,10H2,1-3H3. The summed E-state index contributed by atoms with van der Waals surface area (Å²) < 4.78 is 3.61. The number of aliphatic hydroxyl groups is 1. The van der Waals surface area contributed by atoms with E-state index in [-0.39, 0.29) is 6.61 Å². The largest absolute Gasteiger partial charge is 0.390 e. The van der Waals surface area contributed by atoms with Crippen LogP contribution in [0.3, 0.4) is 0 Å². The van der Waals surface area contributed by atoms with E-state index in [0.29, 0.717) is 6.54 Å². The first-order valence-corrected chi connectivity index (χ1v) is 8.85. The topological polar surface area (TPSA) is 80.3 Å². The highest BCUT2D eigenvalue weighted by Gasteiger charge is 2.14. The van der Waals surface area contributed by atoms with Gasteiger partial charge in [-0.1, -0.05) is 18.2 Å². The third-order valence-electron chi connectivity index (χ3n) is 4.94. The fraction of sp³-hybridized carbons (Fsp3) is 0.250. The van der Waals surface area contributed by atoms with E-state index in [1.165, 1.54) is 23.0 Å². The number of pyridine rings is 1. The number of fused-ring (bicyclic) bond motifs is 1. The van der Waals surface area contributed by atoms with Crippen LogP contribution < -0.4 is 5.32 Å². The number of anilines is 1. The molecule has 0 saturated heterocycles. The van der Waals surface area contributed by atoms with Gasteiger partial charge in [0.1, 0.15) is 12.7 Å². The van der Waals surface area contributed by atoms with E-state index in [1.807, 2.05) is 23.6 Å². The Bertz CT molecular complexity index is 1080. The highest BCUT2D eigenvalue weighted by atomic mass is 16.3. The SMILES string of the molecule is Cc1cccc(C)c1CNc1cc(-n2cncn2)cn2c(CO)c(C)nc12. The monoisotopic (exact) mass is 362 g/mol. The lowest BCUT2D eigenvalue weighted by atomic mass is 10.0. The number of hydrogen-bond acceptors (Lipinski definition) is 5. The molecule has 0 spiro atoms. The maximum absolute atomic E-state index is 9.78. The van der Waals surface area contributed by atoms with Crippen LogP contribution in [0.25, 0.3) is 11.3 Å². The van der Waals surface area contributed by atoms with Crippen molar-refractivity contribution in [3.05, 3.63) is 71.2 Å². The van der Waals surface area contributed by atoms with Crippen molar-refractivity contribution < 1.29 is 5.11 Å². The lowest BCUT2D eigenvalue weighted by molar-refractivity contribution is 0.275. The minimum atomic E-state index is -0.0792. The number of nitrogens with zero attached hydrogens (tertiary/aromatic N) is 5. The Morgan fingerprint density at radius 1 is 1.15 bits per heavy atom. The molecule has 0 unspecified atom stereocenters. The molecule has 0 saturated carbocycles. The summed E-state index contributed by atoms with van der Waals surface area (Å²) in [4.78, 5) is 8.69. The molecule has 3 heterocycles. The van der Waals surface area contributed by atoms with Crippen molar-refractivity contribution in [2.45, 2.75) is 33.9 Å². The molecule has 0 fully saturated rings. The van der Waals surface area contributed by atoms with E-state index in [0.717, 1.165) is 28.4 Å². The molecule has 138 valence electrons. The zero-order valence-electron chi connectivity index (χ0n) is 15.6. The number of imidazole rings is 1. The predicted octanol–water partition coefficient (Wildman–Crippen LogP) is 2.94. The van der Waals surface area contributed by atoms with Crippen LogP contribution in [0.5, 0.6) is 0 Å². The van der Waals surface area contributed by atoms with Crippen LogP contribution >= 0.6 is 0 Å². The number of rotatable bonds is 5. The normalized spacial score (nSPS) is 11.3. The third kappa shape index (κ3) is 3.06. The Balaban J connectivity index is 1.81. The highest BCUT2D eigenvalue weighted by molar-refractivity contribution is 5.71. The molecule has 0 radical (unpaired) electrons. The Morgan fingerprint density at radius 3 is 2.59 bits per heavy atom. The summed E-state index contributed by atoms with van der Waals surface area (Å²) in [5, 5.41) is 17.5. The molecular weight excluding hydrogens is 340 g/mol. The van der Waals surface area contributed by atoms with Gasteiger partial charge >= 0.3 is 0 Å². The molecule has 0 aliphatic rings. The molecule has 0 atom stereocenters. The molecule has 0 amide bonds. The maximum Gasteiger partial charge on any atom is 0.160 e. The van der Waals surface area contributed by atoms with E-state index >= 15 is 0 Å². The van der Waals surface area contributed by atoms with Gasteiger partial charge < -0.3 is 10.4 Å². The first-order valence-electron chi connectivity index (χ1n) is 8.85. The van der Waals surface area contributed by atoms with E-state index in [2.05, 4.69) is 52.4 Å². The van der Waals surface area contributed by atoms with Crippen molar-refractivity contribution in [3.8, 4) is 5.69 Å². The number of hydrogen-bond donors (Lipinski definition) is 2. The van der Waals surface area contributed by atoms with Crippen LogP contribution in [-0.2, 0) is 13.2 Å². The fourth-order valence-corrected chi connectivity index (χ4v) is 3.39. The van der Waals surface area contributed by atoms with Gasteiger partial charge in [0.25, 0.3) is 0 Å². The lowest BCUT2D eigenvalue weighted by Crippen LogP contribution is -2.07. The Kier molecular flexibility index (Phi) is 4.37. The Hall–Kier alpha value is -3.19. The van der Waals surface area contributed by atoms with E-state index < -0.39 is 0 Å². The van der Waals surface area contributed by atoms with Crippen molar-refractivity contribution in [1.82, 2.24) is 24.1 Å². The van der Waals surface area contributed by atoms with Crippen LogP contribution in [0, 0.1) is 20.8 Å². The van der Waals surface area contributed by atoms with Gasteiger partial charge in [-0.05, 0) is 43.5 Å². The minimum absolute atomic E-state index is 0.0792. The van der Waals surface area contributed by atoms with Gasteiger partial charge in [-0.2, -0.15) is 5.10 Å². The van der Waals surface area contributed by atoms with Crippen LogP contribution in [0.4, 0.5) is 5.69 Å². The van der Waals surface area contributed by atoms with Crippen molar-refractivity contribution in [1.29, 1.82) is 0 Å². The fourth-order valence-electron chi connectivity index (χ4n) is 3.39. The molecule has 7 heteroatoms. The summed E-state index contributed by atoms with van der Waals surface area (Å²) >= 11 is 0. The zero-order chi connectivity index (χ0) is 19.0. The summed E-state index contributed by atoms with van der Waals surface area (Å²) in [6.45, 7) is 6.76. The summed E-state index contributed by atoms with van der Waals surface area (Å²) in [5.74, 6) is 0. The van der Waals surface area contributed by atoms with Crippen molar-refractivity contribution in [3.63, 3.8) is 0 Å². The second-order valence-corrected chi connectivity index (χ2v) is 6.67. The molecule has 4 rings (SSSR count). The van der Waals surface area contributed by atoms with Gasteiger partial charge in [0, 0.05) is 12.7 Å². The quantitative estimate of drug-likeness (QED) is 0.571. The van der Waals surface area contributed by atoms with Crippen LogP contribution in [0.15, 0.2) is 43.1 Å². The van der Waals surface area contributed by atoms with Gasteiger partial charge in [0.2, 0.25) is 0 Å². The summed E-state index contributed by atoms with van der Waals surface area (Å²) in [5.41, 5.74) is 7.86. The lowest BCUT2D eigenvalue weighted by Gasteiger charge is -2.14. The second kappa shape index (κ2) is 6.85. The number of aryl methyl sites for hydroxylation is 3. The molecular formula is C20H22N6O. The summed E-state index contributed by atoms with van der Waals surface area (Å²) in [6, 6.07) is 8.32. The van der Waals surface area contributed by atoms with E-state index in [4.69, 9.17) is 0 Å². The number of aromatic nitrogens is 5. The third-order valence-corrected chi connectivity index (χ3v) is 4.94. The van der Waals surface area contributed by atoms with Crippen molar-refractivity contribution >= 4 is 11.3 Å². The molecule has 27 heavy (non-hydrogen) atoms. The first-order chi connectivity index (χ1) is 13.1. The van der Waals surface area contributed by atoms with Gasteiger partial charge in [0.15, 0.2) is 5.65 Å².